The molecule has 0 bridgehead atoms. The van der Waals surface area contributed by atoms with E-state index in [1.54, 1.807) is 0 Å². The third-order valence-corrected chi connectivity index (χ3v) is 16.4. The van der Waals surface area contributed by atoms with Crippen molar-refractivity contribution in [2.45, 2.75) is 264 Å². The molecule has 0 aliphatic carbocycles. The average Bonchev–Trinajstić information content (AvgIpc) is 3.62. The van der Waals surface area contributed by atoms with Crippen molar-refractivity contribution in [3.8, 4) is 0 Å². The van der Waals surface area contributed by atoms with Crippen molar-refractivity contribution >= 4 is 33.4 Å². The maximum absolute atomic E-state index is 12.9. The van der Waals surface area contributed by atoms with Crippen molar-refractivity contribution in [3.05, 3.63) is 22.7 Å². The standard InChI is InChI=1S/C52H97N3O15P2/c1-5-42(3)33-29-25-21-17-15-13-11-9-7-8-10-12-14-16-18-24-28-32-36-48(57)68-44(39-65-47(56)35-31-27-23-20-19-22-26-30-34-43(4)6-2)40-66-71(61,62)70-72(63,64)67-41-45-49(58)50(59)51(69-45)55-38-37-46(53)54-52(55)60/h37-38,42-45,49-51,58-59H,5-36,39-41H2,1-4H3,(H,61,62)(H,63,64)(H2,53,54,60)/t42?,43?,44-,45-,49+,50?,51-/m1/s1. The summed E-state index contributed by atoms with van der Waals surface area (Å²) in [6.45, 7) is 6.87. The van der Waals surface area contributed by atoms with Crippen LogP contribution in [0.2, 0.25) is 0 Å². The maximum atomic E-state index is 12.9. The second-order valence-electron chi connectivity index (χ2n) is 20.3. The fourth-order valence-corrected chi connectivity index (χ4v) is 10.8. The van der Waals surface area contributed by atoms with Gasteiger partial charge in [0.05, 0.1) is 13.2 Å². The zero-order valence-electron chi connectivity index (χ0n) is 44.6. The van der Waals surface area contributed by atoms with Crippen molar-refractivity contribution in [1.82, 2.24) is 9.55 Å². The van der Waals surface area contributed by atoms with E-state index >= 15 is 0 Å². The number of unbranched alkanes of at least 4 members (excludes halogenated alkanes) is 24. The highest BCUT2D eigenvalue weighted by atomic mass is 31.3. The summed E-state index contributed by atoms with van der Waals surface area (Å²) < 4.78 is 56.9. The summed E-state index contributed by atoms with van der Waals surface area (Å²) in [5.74, 6) is 0.368. The van der Waals surface area contributed by atoms with E-state index in [4.69, 9.17) is 29.0 Å². The molecule has 0 amide bonds. The quantitative estimate of drug-likeness (QED) is 0.0231. The molecule has 0 spiro atoms. The van der Waals surface area contributed by atoms with Crippen molar-refractivity contribution in [2.24, 2.45) is 11.8 Å². The number of nitrogens with two attached hydrogens (primary N) is 1. The number of phosphoric acid groups is 2. The van der Waals surface area contributed by atoms with Crippen LogP contribution in [0.3, 0.4) is 0 Å². The lowest BCUT2D eigenvalue weighted by Gasteiger charge is -2.21. The number of aliphatic hydroxyl groups excluding tert-OH is 2. The second-order valence-corrected chi connectivity index (χ2v) is 23.3. The van der Waals surface area contributed by atoms with Crippen molar-refractivity contribution in [1.29, 1.82) is 0 Å². The van der Waals surface area contributed by atoms with Crippen LogP contribution in [0.5, 0.6) is 0 Å². The summed E-state index contributed by atoms with van der Waals surface area (Å²) in [5, 5.41) is 20.9. The first-order valence-corrected chi connectivity index (χ1v) is 30.8. The van der Waals surface area contributed by atoms with Crippen LogP contribution in [0, 0.1) is 11.8 Å². The minimum absolute atomic E-state index is 0.0573. The number of nitrogen functional groups attached to an aromatic ring is 1. The lowest BCUT2D eigenvalue weighted by molar-refractivity contribution is -0.161. The Kier molecular flexibility index (Phi) is 35.8. The fourth-order valence-electron chi connectivity index (χ4n) is 8.68. The lowest BCUT2D eigenvalue weighted by atomic mass is 9.99. The first-order chi connectivity index (χ1) is 34.5. The van der Waals surface area contributed by atoms with E-state index in [2.05, 4.69) is 37.0 Å². The molecule has 0 aromatic carbocycles. The van der Waals surface area contributed by atoms with Gasteiger partial charge in [0.1, 0.15) is 30.7 Å². The monoisotopic (exact) mass is 1070 g/mol. The van der Waals surface area contributed by atoms with Gasteiger partial charge in [0.25, 0.3) is 0 Å². The van der Waals surface area contributed by atoms with E-state index in [1.165, 1.54) is 141 Å². The van der Waals surface area contributed by atoms with Gasteiger partial charge < -0.3 is 39.9 Å². The molecule has 0 saturated carbocycles. The molecule has 1 fully saturated rings. The average molecular weight is 1070 g/mol. The van der Waals surface area contributed by atoms with Gasteiger partial charge in [-0.25, -0.2) is 13.9 Å². The number of esters is 2. The molecule has 6 N–H and O–H groups in total. The van der Waals surface area contributed by atoms with E-state index in [0.717, 1.165) is 67.8 Å². The van der Waals surface area contributed by atoms with E-state index in [0.29, 0.717) is 12.8 Å². The molecule has 1 saturated heterocycles. The summed E-state index contributed by atoms with van der Waals surface area (Å²) in [6, 6.07) is 1.25. The molecule has 20 heteroatoms. The van der Waals surface area contributed by atoms with Crippen LogP contribution in [0.15, 0.2) is 17.1 Å². The molecule has 72 heavy (non-hydrogen) atoms. The Morgan fingerprint density at radius 2 is 1.07 bits per heavy atom. The van der Waals surface area contributed by atoms with Crippen molar-refractivity contribution < 1.29 is 66.3 Å². The van der Waals surface area contributed by atoms with Crippen LogP contribution >= 0.6 is 15.6 Å². The molecule has 1 aromatic heterocycles. The Morgan fingerprint density at radius 1 is 0.653 bits per heavy atom. The number of hydrogen-bond acceptors (Lipinski definition) is 15. The molecule has 2 heterocycles. The summed E-state index contributed by atoms with van der Waals surface area (Å²) in [6.07, 6.45) is 29.0. The van der Waals surface area contributed by atoms with Crippen LogP contribution in [0.1, 0.15) is 239 Å². The van der Waals surface area contributed by atoms with Crippen LogP contribution in [0.4, 0.5) is 5.82 Å². The number of carbonyl (C=O) groups is 2. The number of anilines is 1. The Labute approximate surface area is 431 Å². The Hall–Kier alpha value is -2.24. The molecule has 18 nitrogen and oxygen atoms in total. The summed E-state index contributed by atoms with van der Waals surface area (Å²) >= 11 is 0. The Balaban J connectivity index is 1.73. The van der Waals surface area contributed by atoms with Gasteiger partial charge in [-0.3, -0.25) is 23.2 Å². The van der Waals surface area contributed by atoms with Gasteiger partial charge in [0.2, 0.25) is 0 Å². The predicted molar refractivity (Wildman–Crippen MR) is 280 cm³/mol. The van der Waals surface area contributed by atoms with E-state index in [9.17, 15) is 43.5 Å². The minimum Gasteiger partial charge on any atom is -0.462 e. The number of rotatable bonds is 46. The Bertz CT molecular complexity index is 1740. The SMILES string of the molecule is CCC(C)CCCCCCCCCCCCCCCCCCCCC(=O)O[C@H](COC(=O)CCCCCCCCCCC(C)CC)COP(=O)(O)OP(=O)(O)OC[C@H]1O[C@@H](n2ccc(N)nc2=O)C(O)[C@H]1O. The molecule has 2 rings (SSSR count). The van der Waals surface area contributed by atoms with Crippen LogP contribution in [-0.4, -0.2) is 85.7 Å². The minimum atomic E-state index is -5.42. The fraction of sp³-hybridized carbons (Fsp3) is 0.885. The van der Waals surface area contributed by atoms with Gasteiger partial charge in [-0.15, -0.1) is 0 Å². The number of carbonyl (C=O) groups excluding carboxylic acids is 2. The molecule has 9 atom stereocenters. The first-order valence-electron chi connectivity index (χ1n) is 27.8. The van der Waals surface area contributed by atoms with Crippen molar-refractivity contribution in [3.63, 3.8) is 0 Å². The Morgan fingerprint density at radius 3 is 1.51 bits per heavy atom. The largest absolute Gasteiger partial charge is 0.481 e. The normalized spacial score (nSPS) is 19.9. The number of nitrogens with zero attached hydrogens (tertiary/aromatic N) is 2. The van der Waals surface area contributed by atoms with Gasteiger partial charge in [0.15, 0.2) is 12.3 Å². The van der Waals surface area contributed by atoms with E-state index in [-0.39, 0.29) is 18.7 Å². The number of ether oxygens (including phenoxy) is 3. The van der Waals surface area contributed by atoms with Crippen LogP contribution < -0.4 is 11.4 Å². The lowest BCUT2D eigenvalue weighted by Crippen LogP contribution is -2.36. The van der Waals surface area contributed by atoms with Gasteiger partial charge in [-0.2, -0.15) is 9.29 Å². The molecule has 0 radical (unpaired) electrons. The summed E-state index contributed by atoms with van der Waals surface area (Å²) in [7, 11) is -10.8. The van der Waals surface area contributed by atoms with Gasteiger partial charge in [-0.05, 0) is 30.7 Å². The van der Waals surface area contributed by atoms with E-state index < -0.39 is 83.7 Å². The number of aromatic nitrogens is 2. The number of phosphoric ester groups is 2. The molecule has 1 aromatic rings. The van der Waals surface area contributed by atoms with Crippen molar-refractivity contribution in [2.75, 3.05) is 25.6 Å². The van der Waals surface area contributed by atoms with Crippen LogP contribution in [0.25, 0.3) is 0 Å². The topological polar surface area (TPSA) is 265 Å². The highest BCUT2D eigenvalue weighted by Crippen LogP contribution is 2.60. The maximum Gasteiger partial charge on any atom is 0.481 e. The second kappa shape index (κ2) is 39.2. The smallest absolute Gasteiger partial charge is 0.462 e. The number of hydrogen-bond donors (Lipinski definition) is 5. The highest BCUT2D eigenvalue weighted by molar-refractivity contribution is 7.61. The van der Waals surface area contributed by atoms with Gasteiger partial charge in [-0.1, -0.05) is 207 Å². The zero-order valence-corrected chi connectivity index (χ0v) is 46.4. The number of aliphatic hydroxyl groups is 2. The molecule has 1 aliphatic rings. The third kappa shape index (κ3) is 31.6. The summed E-state index contributed by atoms with van der Waals surface area (Å²) in [5.41, 5.74) is 4.60. The summed E-state index contributed by atoms with van der Waals surface area (Å²) in [4.78, 5) is 62.0. The molecular weight excluding hydrogens is 969 g/mol. The zero-order chi connectivity index (χ0) is 53.0. The predicted octanol–water partition coefficient (Wildman–Crippen LogP) is 11.9. The van der Waals surface area contributed by atoms with Gasteiger partial charge >= 0.3 is 33.3 Å². The molecule has 1 aliphatic heterocycles. The molecular formula is C52H97N3O15P2. The first kappa shape index (κ1) is 65.9. The van der Waals surface area contributed by atoms with E-state index in [1.807, 2.05) is 0 Å². The highest BCUT2D eigenvalue weighted by Gasteiger charge is 2.46. The van der Waals surface area contributed by atoms with Gasteiger partial charge in [0, 0.05) is 19.0 Å². The molecule has 420 valence electrons. The molecule has 5 unspecified atom stereocenters. The third-order valence-electron chi connectivity index (χ3n) is 13.8. The van der Waals surface area contributed by atoms with Crippen LogP contribution in [-0.2, 0) is 46.3 Å².